The Morgan fingerprint density at radius 2 is 2.37 bits per heavy atom. The molecule has 0 aromatic carbocycles. The van der Waals surface area contributed by atoms with Crippen LogP contribution in [-0.4, -0.2) is 41.0 Å². The number of rotatable bonds is 5. The van der Waals surface area contributed by atoms with Gasteiger partial charge in [0.05, 0.1) is 12.3 Å². The summed E-state index contributed by atoms with van der Waals surface area (Å²) in [4.78, 5) is 4.15. The Morgan fingerprint density at radius 3 is 2.89 bits per heavy atom. The van der Waals surface area contributed by atoms with Crippen molar-refractivity contribution in [2.75, 3.05) is 20.1 Å². The van der Waals surface area contributed by atoms with Gasteiger partial charge in [-0.1, -0.05) is 6.42 Å². The smallest absolute Gasteiger partial charge is 0.191 e. The van der Waals surface area contributed by atoms with E-state index in [0.29, 0.717) is 6.54 Å². The molecule has 0 bridgehead atoms. The first kappa shape index (κ1) is 13.9. The topological polar surface area (TPSA) is 74.5 Å². The molecular formula is C13H23N5O. The molecule has 0 aliphatic heterocycles. The number of aliphatic hydroxyl groups is 1. The number of hydrogen-bond acceptors (Lipinski definition) is 3. The van der Waals surface area contributed by atoms with Crippen molar-refractivity contribution < 1.29 is 5.11 Å². The molecule has 1 heterocycles. The predicted octanol–water partition coefficient (Wildman–Crippen LogP) is 0.419. The molecular weight excluding hydrogens is 242 g/mol. The normalized spacial score (nSPS) is 17.9. The van der Waals surface area contributed by atoms with Crippen LogP contribution in [0.3, 0.4) is 0 Å². The average Bonchev–Trinajstić information content (AvgIpc) is 2.77. The summed E-state index contributed by atoms with van der Waals surface area (Å²) in [6.45, 7) is 1.39. The van der Waals surface area contributed by atoms with Crippen LogP contribution in [0.1, 0.15) is 30.9 Å². The molecule has 1 aromatic heterocycles. The Balaban J connectivity index is 1.72. The van der Waals surface area contributed by atoms with E-state index in [1.165, 1.54) is 19.3 Å². The van der Waals surface area contributed by atoms with Crippen molar-refractivity contribution in [3.8, 4) is 0 Å². The molecule has 6 heteroatoms. The minimum absolute atomic E-state index is 0.427. The molecule has 2 rings (SSSR count). The molecule has 0 amide bonds. The zero-order chi connectivity index (χ0) is 13.7. The molecule has 0 spiro atoms. The van der Waals surface area contributed by atoms with Gasteiger partial charge < -0.3 is 15.7 Å². The lowest BCUT2D eigenvalue weighted by atomic mass is 9.85. The summed E-state index contributed by atoms with van der Waals surface area (Å²) in [6, 6.07) is 0. The fourth-order valence-corrected chi connectivity index (χ4v) is 2.08. The van der Waals surface area contributed by atoms with Crippen LogP contribution in [0.2, 0.25) is 0 Å². The van der Waals surface area contributed by atoms with Crippen molar-refractivity contribution in [3.05, 3.63) is 18.0 Å². The van der Waals surface area contributed by atoms with Gasteiger partial charge in [-0.2, -0.15) is 5.10 Å². The lowest BCUT2D eigenvalue weighted by molar-refractivity contribution is 0.180. The Kier molecular flexibility index (Phi) is 4.79. The molecule has 0 radical (unpaired) electrons. The number of nitrogens with one attached hydrogen (secondary N) is 2. The van der Waals surface area contributed by atoms with E-state index in [-0.39, 0.29) is 0 Å². The van der Waals surface area contributed by atoms with Crippen LogP contribution >= 0.6 is 0 Å². The molecule has 1 aliphatic rings. The maximum Gasteiger partial charge on any atom is 0.191 e. The third-order valence-corrected chi connectivity index (χ3v) is 3.58. The fourth-order valence-electron chi connectivity index (χ4n) is 2.08. The molecule has 3 N–H and O–H groups in total. The summed E-state index contributed by atoms with van der Waals surface area (Å²) in [5.74, 6) is 1.52. The third-order valence-electron chi connectivity index (χ3n) is 3.58. The summed E-state index contributed by atoms with van der Waals surface area (Å²) in [5.41, 5.74) is 0.810. The maximum atomic E-state index is 10.0. The van der Waals surface area contributed by atoms with E-state index >= 15 is 0 Å². The summed E-state index contributed by atoms with van der Waals surface area (Å²) < 4.78 is 1.68. The van der Waals surface area contributed by atoms with Crippen LogP contribution < -0.4 is 10.6 Å². The summed E-state index contributed by atoms with van der Waals surface area (Å²) in [7, 11) is 3.58. The second-order valence-electron chi connectivity index (χ2n) is 5.09. The first-order valence-electron chi connectivity index (χ1n) is 6.80. The van der Waals surface area contributed by atoms with Crippen LogP contribution in [0.4, 0.5) is 0 Å². The molecule has 19 heavy (non-hydrogen) atoms. The van der Waals surface area contributed by atoms with Crippen molar-refractivity contribution in [3.63, 3.8) is 0 Å². The Morgan fingerprint density at radius 1 is 1.58 bits per heavy atom. The number of hydrogen-bond donors (Lipinski definition) is 3. The fraction of sp³-hybridized carbons (Fsp3) is 0.692. The highest BCUT2D eigenvalue weighted by Gasteiger charge is 2.17. The highest BCUT2D eigenvalue weighted by Crippen LogP contribution is 2.25. The van der Waals surface area contributed by atoms with E-state index in [0.717, 1.165) is 24.0 Å². The molecule has 6 nitrogen and oxygen atoms in total. The van der Waals surface area contributed by atoms with Gasteiger partial charge in [0.1, 0.15) is 0 Å². The van der Waals surface area contributed by atoms with Gasteiger partial charge in [-0.05, 0) is 18.8 Å². The van der Waals surface area contributed by atoms with Crippen molar-refractivity contribution in [2.24, 2.45) is 18.0 Å². The third kappa shape index (κ3) is 3.96. The second kappa shape index (κ2) is 6.56. The molecule has 1 atom stereocenters. The van der Waals surface area contributed by atoms with Gasteiger partial charge in [-0.25, -0.2) is 0 Å². The van der Waals surface area contributed by atoms with Crippen LogP contribution in [0.25, 0.3) is 0 Å². The van der Waals surface area contributed by atoms with Crippen LogP contribution in [0, 0.1) is 5.92 Å². The Hall–Kier alpha value is -1.56. The highest BCUT2D eigenvalue weighted by molar-refractivity contribution is 5.79. The Labute approximate surface area is 113 Å². The van der Waals surface area contributed by atoms with E-state index in [1.807, 2.05) is 13.2 Å². The number of aromatic nitrogens is 2. The average molecular weight is 265 g/mol. The monoisotopic (exact) mass is 265 g/mol. The SMILES string of the molecule is CN=C(NCC1CCC1)NCC(O)c1cnn(C)c1. The lowest BCUT2D eigenvalue weighted by Crippen LogP contribution is -2.42. The first-order valence-corrected chi connectivity index (χ1v) is 6.80. The zero-order valence-electron chi connectivity index (χ0n) is 11.6. The lowest BCUT2D eigenvalue weighted by Gasteiger charge is -2.26. The quantitative estimate of drug-likeness (QED) is 0.533. The number of nitrogens with zero attached hydrogens (tertiary/aromatic N) is 3. The minimum Gasteiger partial charge on any atom is -0.386 e. The zero-order valence-corrected chi connectivity index (χ0v) is 11.6. The van der Waals surface area contributed by atoms with Crippen molar-refractivity contribution >= 4 is 5.96 Å². The number of aryl methyl sites for hydroxylation is 1. The van der Waals surface area contributed by atoms with Gasteiger partial charge in [-0.3, -0.25) is 9.67 Å². The summed E-state index contributed by atoms with van der Waals surface area (Å²) in [6.07, 6.45) is 6.88. The van der Waals surface area contributed by atoms with Crippen molar-refractivity contribution in [1.82, 2.24) is 20.4 Å². The number of aliphatic hydroxyl groups excluding tert-OH is 1. The van der Waals surface area contributed by atoms with E-state index in [2.05, 4.69) is 20.7 Å². The van der Waals surface area contributed by atoms with Gasteiger partial charge in [0, 0.05) is 38.9 Å². The van der Waals surface area contributed by atoms with E-state index in [1.54, 1.807) is 17.9 Å². The highest BCUT2D eigenvalue weighted by atomic mass is 16.3. The van der Waals surface area contributed by atoms with Crippen LogP contribution in [-0.2, 0) is 7.05 Å². The van der Waals surface area contributed by atoms with Gasteiger partial charge in [0.25, 0.3) is 0 Å². The van der Waals surface area contributed by atoms with Gasteiger partial charge in [-0.15, -0.1) is 0 Å². The molecule has 1 fully saturated rings. The number of aliphatic imine (C=N–C) groups is 1. The van der Waals surface area contributed by atoms with Gasteiger partial charge in [0.2, 0.25) is 0 Å². The van der Waals surface area contributed by atoms with Gasteiger partial charge in [0.15, 0.2) is 5.96 Å². The largest absolute Gasteiger partial charge is 0.386 e. The van der Waals surface area contributed by atoms with Crippen LogP contribution in [0.15, 0.2) is 17.4 Å². The van der Waals surface area contributed by atoms with Crippen molar-refractivity contribution in [2.45, 2.75) is 25.4 Å². The molecule has 1 aromatic rings. The summed E-state index contributed by atoms with van der Waals surface area (Å²) >= 11 is 0. The second-order valence-corrected chi connectivity index (χ2v) is 5.09. The first-order chi connectivity index (χ1) is 9.19. The Bertz CT molecular complexity index is 424. The van der Waals surface area contributed by atoms with Gasteiger partial charge >= 0.3 is 0 Å². The summed E-state index contributed by atoms with van der Waals surface area (Å²) in [5, 5.41) is 20.5. The maximum absolute atomic E-state index is 10.0. The van der Waals surface area contributed by atoms with Crippen LogP contribution in [0.5, 0.6) is 0 Å². The number of guanidine groups is 1. The molecule has 1 unspecified atom stereocenters. The van der Waals surface area contributed by atoms with E-state index in [9.17, 15) is 5.11 Å². The predicted molar refractivity (Wildman–Crippen MR) is 74.9 cm³/mol. The van der Waals surface area contributed by atoms with Crippen molar-refractivity contribution in [1.29, 1.82) is 0 Å². The van der Waals surface area contributed by atoms with E-state index < -0.39 is 6.10 Å². The standard InChI is InChI=1S/C13H23N5O/c1-14-13(15-6-10-4-3-5-10)16-8-12(19)11-7-17-18(2)9-11/h7,9-10,12,19H,3-6,8H2,1-2H3,(H2,14,15,16). The molecule has 1 aliphatic carbocycles. The molecule has 0 saturated heterocycles. The minimum atomic E-state index is -0.573. The molecule has 106 valence electrons. The molecule has 1 saturated carbocycles. The van der Waals surface area contributed by atoms with E-state index in [4.69, 9.17) is 0 Å².